The van der Waals surface area contributed by atoms with E-state index in [0.717, 1.165) is 29.1 Å². The molecule has 1 atom stereocenters. The highest BCUT2D eigenvalue weighted by atomic mass is 32.1. The van der Waals surface area contributed by atoms with Crippen molar-refractivity contribution in [1.29, 1.82) is 5.26 Å². The lowest BCUT2D eigenvalue weighted by atomic mass is 10.1. The number of hydrogen-bond acceptors (Lipinski definition) is 3. The molecule has 0 aliphatic heterocycles. The van der Waals surface area contributed by atoms with Gasteiger partial charge in [0.05, 0.1) is 22.7 Å². The number of rotatable bonds is 4. The van der Waals surface area contributed by atoms with E-state index in [4.69, 9.17) is 5.26 Å². The van der Waals surface area contributed by atoms with Crippen molar-refractivity contribution >= 4 is 11.3 Å². The third-order valence-electron chi connectivity index (χ3n) is 2.96. The van der Waals surface area contributed by atoms with E-state index in [0.29, 0.717) is 0 Å². The van der Waals surface area contributed by atoms with Crippen LogP contribution in [0.4, 0.5) is 0 Å². The van der Waals surface area contributed by atoms with Crippen molar-refractivity contribution in [2.24, 2.45) is 5.92 Å². The number of nitrogens with zero attached hydrogens (tertiary/aromatic N) is 2. The smallest absolute Gasteiger partial charge is 0.0945 e. The minimum Gasteiger partial charge on any atom is -0.241 e. The topological polar surface area (TPSA) is 36.7 Å². The molecule has 2 rings (SSSR count). The van der Waals surface area contributed by atoms with E-state index in [1.54, 1.807) is 11.3 Å². The molecular weight excluding hydrogens is 240 g/mol. The Morgan fingerprint density at radius 2 is 2.28 bits per heavy atom. The molecule has 2 aromatic rings. The minimum atomic E-state index is 0.0847. The maximum Gasteiger partial charge on any atom is 0.0945 e. The second-order valence-electron chi connectivity index (χ2n) is 4.43. The van der Waals surface area contributed by atoms with Crippen LogP contribution in [0.1, 0.15) is 23.9 Å². The van der Waals surface area contributed by atoms with Crippen molar-refractivity contribution in [3.05, 3.63) is 40.2 Å². The molecule has 0 fully saturated rings. The first-order valence-corrected chi connectivity index (χ1v) is 7.02. The molecule has 1 unspecified atom stereocenters. The molecule has 0 saturated heterocycles. The molecule has 2 nitrogen and oxygen atoms in total. The van der Waals surface area contributed by atoms with Gasteiger partial charge in [0, 0.05) is 17.4 Å². The average Bonchev–Trinajstić information content (AvgIpc) is 2.84. The van der Waals surface area contributed by atoms with Crippen LogP contribution >= 0.6 is 11.3 Å². The van der Waals surface area contributed by atoms with Crippen LogP contribution in [0.25, 0.3) is 11.3 Å². The maximum atomic E-state index is 8.97. The number of hydrogen-bond donors (Lipinski definition) is 0. The summed E-state index contributed by atoms with van der Waals surface area (Å²) in [5.74, 6) is 0.0847. The molecule has 0 spiro atoms. The minimum absolute atomic E-state index is 0.0847. The Labute approximate surface area is 112 Å². The quantitative estimate of drug-likeness (QED) is 0.821. The van der Waals surface area contributed by atoms with Gasteiger partial charge >= 0.3 is 0 Å². The van der Waals surface area contributed by atoms with Gasteiger partial charge in [0.25, 0.3) is 0 Å². The van der Waals surface area contributed by atoms with E-state index >= 15 is 0 Å². The SMILES string of the molecule is CCC(C#N)Cc1nc(-c2cccc(C)c2)cs1. The largest absolute Gasteiger partial charge is 0.241 e. The lowest BCUT2D eigenvalue weighted by molar-refractivity contribution is 0.636. The van der Waals surface area contributed by atoms with Gasteiger partial charge in [-0.1, -0.05) is 30.7 Å². The molecule has 18 heavy (non-hydrogen) atoms. The average molecular weight is 256 g/mol. The first kappa shape index (κ1) is 12.8. The maximum absolute atomic E-state index is 8.97. The van der Waals surface area contributed by atoms with Crippen LogP contribution in [0, 0.1) is 24.2 Å². The van der Waals surface area contributed by atoms with Gasteiger partial charge in [0.2, 0.25) is 0 Å². The van der Waals surface area contributed by atoms with Crippen LogP contribution < -0.4 is 0 Å². The summed E-state index contributed by atoms with van der Waals surface area (Å²) in [6.07, 6.45) is 1.65. The summed E-state index contributed by atoms with van der Waals surface area (Å²) in [5.41, 5.74) is 3.42. The molecule has 0 saturated carbocycles. The monoisotopic (exact) mass is 256 g/mol. The van der Waals surface area contributed by atoms with E-state index in [-0.39, 0.29) is 5.92 Å². The molecule has 92 valence electrons. The molecule has 0 amide bonds. The van der Waals surface area contributed by atoms with Gasteiger partial charge in [-0.05, 0) is 19.4 Å². The molecule has 0 aliphatic carbocycles. The van der Waals surface area contributed by atoms with Crippen LogP contribution in [0.15, 0.2) is 29.6 Å². The van der Waals surface area contributed by atoms with Gasteiger partial charge in [-0.3, -0.25) is 0 Å². The molecule has 1 aromatic carbocycles. The van der Waals surface area contributed by atoms with Gasteiger partial charge < -0.3 is 0 Å². The fourth-order valence-corrected chi connectivity index (χ4v) is 2.72. The van der Waals surface area contributed by atoms with Crippen molar-refractivity contribution in [3.8, 4) is 17.3 Å². The second-order valence-corrected chi connectivity index (χ2v) is 5.38. The number of aryl methyl sites for hydroxylation is 1. The van der Waals surface area contributed by atoms with Crippen molar-refractivity contribution < 1.29 is 0 Å². The number of aromatic nitrogens is 1. The van der Waals surface area contributed by atoms with Crippen molar-refractivity contribution in [2.45, 2.75) is 26.7 Å². The Hall–Kier alpha value is -1.66. The molecule has 1 aromatic heterocycles. The first-order chi connectivity index (χ1) is 8.72. The third-order valence-corrected chi connectivity index (χ3v) is 3.83. The van der Waals surface area contributed by atoms with E-state index in [9.17, 15) is 0 Å². The zero-order chi connectivity index (χ0) is 13.0. The van der Waals surface area contributed by atoms with E-state index in [2.05, 4.69) is 41.6 Å². The van der Waals surface area contributed by atoms with Crippen LogP contribution in [-0.2, 0) is 6.42 Å². The molecular formula is C15H16N2S. The fourth-order valence-electron chi connectivity index (χ4n) is 1.83. The van der Waals surface area contributed by atoms with Gasteiger partial charge in [0.1, 0.15) is 0 Å². The molecule has 1 heterocycles. The Morgan fingerprint density at radius 3 is 2.94 bits per heavy atom. The summed E-state index contributed by atoms with van der Waals surface area (Å²) >= 11 is 1.65. The van der Waals surface area contributed by atoms with Gasteiger partial charge in [-0.15, -0.1) is 11.3 Å². The van der Waals surface area contributed by atoms with Gasteiger partial charge in [-0.2, -0.15) is 5.26 Å². The molecule has 0 aliphatic rings. The van der Waals surface area contributed by atoms with Crippen molar-refractivity contribution in [2.75, 3.05) is 0 Å². The Morgan fingerprint density at radius 1 is 1.44 bits per heavy atom. The van der Waals surface area contributed by atoms with Crippen molar-refractivity contribution in [3.63, 3.8) is 0 Å². The predicted octanol–water partition coefficient (Wildman–Crippen LogP) is 4.21. The molecule has 0 radical (unpaired) electrons. The van der Waals surface area contributed by atoms with Crippen LogP contribution in [0.3, 0.4) is 0 Å². The summed E-state index contributed by atoms with van der Waals surface area (Å²) in [6.45, 7) is 4.13. The summed E-state index contributed by atoms with van der Waals surface area (Å²) in [6, 6.07) is 10.7. The van der Waals surface area contributed by atoms with E-state index < -0.39 is 0 Å². The van der Waals surface area contributed by atoms with E-state index in [1.165, 1.54) is 5.56 Å². The standard InChI is InChI=1S/C15H16N2S/c1-3-12(9-16)8-15-17-14(10-18-15)13-6-4-5-11(2)7-13/h4-7,10,12H,3,8H2,1-2H3. The van der Waals surface area contributed by atoms with Crippen LogP contribution in [0.2, 0.25) is 0 Å². The lowest BCUT2D eigenvalue weighted by Gasteiger charge is -2.01. The Balaban J connectivity index is 2.18. The van der Waals surface area contributed by atoms with E-state index in [1.807, 2.05) is 13.0 Å². The summed E-state index contributed by atoms with van der Waals surface area (Å²) in [5, 5.41) is 12.1. The molecule has 0 N–H and O–H groups in total. The number of nitriles is 1. The summed E-state index contributed by atoms with van der Waals surface area (Å²) in [4.78, 5) is 4.62. The zero-order valence-electron chi connectivity index (χ0n) is 10.7. The van der Waals surface area contributed by atoms with Gasteiger partial charge in [0.15, 0.2) is 0 Å². The van der Waals surface area contributed by atoms with Gasteiger partial charge in [-0.25, -0.2) is 4.98 Å². The third kappa shape index (κ3) is 2.96. The highest BCUT2D eigenvalue weighted by molar-refractivity contribution is 7.09. The normalized spacial score (nSPS) is 12.1. The predicted molar refractivity (Wildman–Crippen MR) is 75.4 cm³/mol. The number of thiazole rings is 1. The molecule has 0 bridgehead atoms. The first-order valence-electron chi connectivity index (χ1n) is 6.14. The second kappa shape index (κ2) is 5.79. The summed E-state index contributed by atoms with van der Waals surface area (Å²) in [7, 11) is 0. The van der Waals surface area contributed by atoms with Crippen LogP contribution in [-0.4, -0.2) is 4.98 Å². The summed E-state index contributed by atoms with van der Waals surface area (Å²) < 4.78 is 0. The Bertz CT molecular complexity index is 566. The number of benzene rings is 1. The molecule has 3 heteroatoms. The highest BCUT2D eigenvalue weighted by Crippen LogP contribution is 2.24. The van der Waals surface area contributed by atoms with Crippen molar-refractivity contribution in [1.82, 2.24) is 4.98 Å². The highest BCUT2D eigenvalue weighted by Gasteiger charge is 2.10. The Kier molecular flexibility index (Phi) is 4.11. The lowest BCUT2D eigenvalue weighted by Crippen LogP contribution is -1.99. The van der Waals surface area contributed by atoms with Crippen LogP contribution in [0.5, 0.6) is 0 Å². The fraction of sp³-hybridized carbons (Fsp3) is 0.333. The zero-order valence-corrected chi connectivity index (χ0v) is 11.5.